The minimum Gasteiger partial charge on any atom is -0.388 e. The van der Waals surface area contributed by atoms with Crippen molar-refractivity contribution in [3.63, 3.8) is 0 Å². The molecule has 37 heavy (non-hydrogen) atoms. The topological polar surface area (TPSA) is 42.5 Å². The maximum absolute atomic E-state index is 15.7. The Balaban J connectivity index is 1.51. The van der Waals surface area contributed by atoms with Crippen LogP contribution in [0.3, 0.4) is 0 Å². The van der Waals surface area contributed by atoms with Gasteiger partial charge in [-0.3, -0.25) is 9.29 Å². The summed E-state index contributed by atoms with van der Waals surface area (Å²) in [7, 11) is 0. The third-order valence-corrected chi connectivity index (χ3v) is 7.85. The predicted molar refractivity (Wildman–Crippen MR) is 133 cm³/mol. The molecule has 0 amide bonds. The van der Waals surface area contributed by atoms with E-state index < -0.39 is 43.3 Å². The lowest BCUT2D eigenvalue weighted by molar-refractivity contribution is -0.00641. The SMILES string of the molecule is C[C@@H]1Cc2c([nH]c3ccccc23)[C@@H](c2c(F)cc([C@H](O)C3CN(CCCF)C3)cc2F)N1CC(F)CF. The number of aliphatic hydroxyl groups excluding tert-OH is 1. The summed E-state index contributed by atoms with van der Waals surface area (Å²) in [4.78, 5) is 6.89. The lowest BCUT2D eigenvalue weighted by Gasteiger charge is -2.42. The maximum Gasteiger partial charge on any atom is 0.141 e. The number of nitrogens with one attached hydrogen (secondary N) is 1. The number of aromatic nitrogens is 1. The van der Waals surface area contributed by atoms with Crippen molar-refractivity contribution >= 4 is 10.9 Å². The van der Waals surface area contributed by atoms with Crippen LogP contribution in [0.2, 0.25) is 0 Å². The fourth-order valence-electron chi connectivity index (χ4n) is 5.96. The van der Waals surface area contributed by atoms with Gasteiger partial charge < -0.3 is 15.0 Å². The molecule has 1 aromatic heterocycles. The highest BCUT2D eigenvalue weighted by molar-refractivity contribution is 5.85. The molecule has 2 aromatic carbocycles. The second-order valence-corrected chi connectivity index (χ2v) is 10.4. The first-order valence-corrected chi connectivity index (χ1v) is 12.8. The van der Waals surface area contributed by atoms with Gasteiger partial charge in [-0.15, -0.1) is 0 Å². The number of alkyl halides is 3. The molecule has 9 heteroatoms. The van der Waals surface area contributed by atoms with Crippen molar-refractivity contribution in [3.05, 3.63) is 70.4 Å². The molecule has 1 fully saturated rings. The number of nitrogens with zero attached hydrogens (tertiary/aromatic N) is 2. The number of aliphatic hydroxyl groups is 1. The molecule has 200 valence electrons. The van der Waals surface area contributed by atoms with Crippen LogP contribution < -0.4 is 0 Å². The molecule has 4 atom stereocenters. The summed E-state index contributed by atoms with van der Waals surface area (Å²) in [6.07, 6.45) is -1.92. The third-order valence-electron chi connectivity index (χ3n) is 7.85. The first kappa shape index (κ1) is 26.1. The van der Waals surface area contributed by atoms with Crippen molar-refractivity contribution in [1.29, 1.82) is 0 Å². The van der Waals surface area contributed by atoms with Crippen LogP contribution in [0.25, 0.3) is 10.9 Å². The Labute approximate surface area is 213 Å². The summed E-state index contributed by atoms with van der Waals surface area (Å²) >= 11 is 0. The monoisotopic (exact) mass is 521 g/mol. The van der Waals surface area contributed by atoms with Crippen LogP contribution in [0.5, 0.6) is 0 Å². The highest BCUT2D eigenvalue weighted by atomic mass is 19.2. The van der Waals surface area contributed by atoms with Crippen molar-refractivity contribution < 1.29 is 27.1 Å². The van der Waals surface area contributed by atoms with Crippen molar-refractivity contribution in [3.8, 4) is 0 Å². The number of likely N-dealkylation sites (tertiary alicyclic amines) is 1. The van der Waals surface area contributed by atoms with E-state index in [1.165, 1.54) is 0 Å². The van der Waals surface area contributed by atoms with Crippen LogP contribution in [0.15, 0.2) is 36.4 Å². The van der Waals surface area contributed by atoms with Crippen molar-refractivity contribution in [2.45, 2.75) is 44.1 Å². The highest BCUT2D eigenvalue weighted by Crippen LogP contribution is 2.43. The number of rotatable bonds is 9. The average molecular weight is 522 g/mol. The van der Waals surface area contributed by atoms with Gasteiger partial charge in [-0.2, -0.15) is 0 Å². The molecule has 1 saturated heterocycles. The largest absolute Gasteiger partial charge is 0.388 e. The molecule has 0 saturated carbocycles. The summed E-state index contributed by atoms with van der Waals surface area (Å²) in [5.74, 6) is -1.88. The number of para-hydroxylation sites is 1. The van der Waals surface area contributed by atoms with Gasteiger partial charge in [-0.1, -0.05) is 18.2 Å². The molecule has 4 nitrogen and oxygen atoms in total. The molecule has 0 spiro atoms. The van der Waals surface area contributed by atoms with E-state index in [1.54, 1.807) is 4.90 Å². The van der Waals surface area contributed by atoms with Gasteiger partial charge in [0.2, 0.25) is 0 Å². The predicted octanol–water partition coefficient (Wildman–Crippen LogP) is 5.41. The first-order chi connectivity index (χ1) is 17.8. The molecule has 2 aliphatic rings. The number of aromatic amines is 1. The molecule has 2 aliphatic heterocycles. The highest BCUT2D eigenvalue weighted by Gasteiger charge is 2.40. The maximum atomic E-state index is 15.7. The van der Waals surface area contributed by atoms with E-state index in [0.29, 0.717) is 38.2 Å². The Morgan fingerprint density at radius 3 is 2.49 bits per heavy atom. The molecule has 0 radical (unpaired) electrons. The van der Waals surface area contributed by atoms with E-state index in [1.807, 2.05) is 36.1 Å². The summed E-state index contributed by atoms with van der Waals surface area (Å²) in [6.45, 7) is 1.58. The van der Waals surface area contributed by atoms with Crippen LogP contribution >= 0.6 is 0 Å². The lowest BCUT2D eigenvalue weighted by Crippen LogP contribution is -2.49. The normalized spacial score (nSPS) is 22.7. The van der Waals surface area contributed by atoms with Gasteiger partial charge >= 0.3 is 0 Å². The second kappa shape index (κ2) is 10.7. The smallest absolute Gasteiger partial charge is 0.141 e. The Hall–Kier alpha value is -2.49. The van der Waals surface area contributed by atoms with E-state index in [9.17, 15) is 18.3 Å². The third kappa shape index (κ3) is 4.89. The molecule has 3 aromatic rings. The van der Waals surface area contributed by atoms with Crippen LogP contribution in [-0.2, 0) is 6.42 Å². The van der Waals surface area contributed by atoms with Gasteiger partial charge in [0.25, 0.3) is 0 Å². The average Bonchev–Trinajstić information content (AvgIpc) is 3.22. The Morgan fingerprint density at radius 1 is 1.11 bits per heavy atom. The van der Waals surface area contributed by atoms with E-state index >= 15 is 8.78 Å². The molecule has 3 heterocycles. The van der Waals surface area contributed by atoms with E-state index in [4.69, 9.17) is 0 Å². The molecular weight excluding hydrogens is 489 g/mol. The Morgan fingerprint density at radius 2 is 1.81 bits per heavy atom. The van der Waals surface area contributed by atoms with Gasteiger partial charge in [0.1, 0.15) is 24.5 Å². The zero-order chi connectivity index (χ0) is 26.3. The summed E-state index contributed by atoms with van der Waals surface area (Å²) in [5.41, 5.74) is 2.17. The van der Waals surface area contributed by atoms with Gasteiger partial charge in [-0.25, -0.2) is 17.6 Å². The standard InChI is InChI=1S/C28H32F5N3O/c1-16-9-21-20-5-2-3-6-24(20)34-26(21)27(36(16)15-19(31)12-30)25-22(32)10-17(11-23(25)33)28(37)18-13-35(14-18)8-4-7-29/h2-3,5-6,10-11,16,18-19,27-28,34,37H,4,7-9,12-15H2,1H3/t16-,19?,27-,28+/m1/s1. The van der Waals surface area contributed by atoms with E-state index in [2.05, 4.69) is 4.98 Å². The minimum absolute atomic E-state index is 0.133. The van der Waals surface area contributed by atoms with Gasteiger partial charge in [0.15, 0.2) is 0 Å². The molecule has 0 bridgehead atoms. The van der Waals surface area contributed by atoms with Gasteiger partial charge in [0, 0.05) is 60.3 Å². The number of benzene rings is 2. The molecule has 0 aliphatic carbocycles. The summed E-state index contributed by atoms with van der Waals surface area (Å²) < 4.78 is 71.4. The van der Waals surface area contributed by atoms with Crippen LogP contribution in [0, 0.1) is 17.6 Å². The number of fused-ring (bicyclic) bond motifs is 3. The second-order valence-electron chi connectivity index (χ2n) is 10.4. The number of hydrogen-bond donors (Lipinski definition) is 2. The Kier molecular flexibility index (Phi) is 7.56. The van der Waals surface area contributed by atoms with Crippen LogP contribution in [0.4, 0.5) is 22.0 Å². The summed E-state index contributed by atoms with van der Waals surface area (Å²) in [6, 6.07) is 8.58. The molecular formula is C28H32F5N3O. The van der Waals surface area contributed by atoms with Crippen molar-refractivity contribution in [2.75, 3.05) is 39.5 Å². The molecule has 5 rings (SSSR count). The van der Waals surface area contributed by atoms with E-state index in [-0.39, 0.29) is 29.6 Å². The summed E-state index contributed by atoms with van der Waals surface area (Å²) in [5, 5.41) is 11.7. The number of H-pyrrole nitrogens is 1. The molecule has 1 unspecified atom stereocenters. The zero-order valence-electron chi connectivity index (χ0n) is 20.7. The van der Waals surface area contributed by atoms with Crippen molar-refractivity contribution in [1.82, 2.24) is 14.8 Å². The number of halogens is 5. The fraction of sp³-hybridized carbons (Fsp3) is 0.500. The van der Waals surface area contributed by atoms with Crippen molar-refractivity contribution in [2.24, 2.45) is 5.92 Å². The number of hydrogen-bond acceptors (Lipinski definition) is 3. The fourth-order valence-corrected chi connectivity index (χ4v) is 5.96. The first-order valence-electron chi connectivity index (χ1n) is 12.8. The van der Waals surface area contributed by atoms with E-state index in [0.717, 1.165) is 28.6 Å². The van der Waals surface area contributed by atoms with Gasteiger partial charge in [-0.05, 0) is 49.1 Å². The zero-order valence-corrected chi connectivity index (χ0v) is 20.7. The van der Waals surface area contributed by atoms with Crippen LogP contribution in [0.1, 0.15) is 47.9 Å². The Bertz CT molecular complexity index is 1220. The quantitative estimate of drug-likeness (QED) is 0.370. The minimum atomic E-state index is -1.79. The molecule has 2 N–H and O–H groups in total. The van der Waals surface area contributed by atoms with Crippen LogP contribution in [-0.4, -0.2) is 71.6 Å². The lowest BCUT2D eigenvalue weighted by atomic mass is 9.85. The van der Waals surface area contributed by atoms with Gasteiger partial charge in [0.05, 0.1) is 18.8 Å².